The van der Waals surface area contributed by atoms with Crippen LogP contribution in [-0.4, -0.2) is 21.9 Å². The third-order valence-corrected chi connectivity index (χ3v) is 6.86. The summed E-state index contributed by atoms with van der Waals surface area (Å²) < 4.78 is 1.84. The van der Waals surface area contributed by atoms with Crippen molar-refractivity contribution in [3.8, 4) is 5.69 Å². The Bertz CT molecular complexity index is 786. The molecule has 0 unspecified atom stereocenters. The lowest BCUT2D eigenvalue weighted by molar-refractivity contribution is 0.197. The first kappa shape index (κ1) is 15.9. The molecule has 2 aromatic rings. The van der Waals surface area contributed by atoms with Crippen LogP contribution in [0.5, 0.6) is 0 Å². The van der Waals surface area contributed by atoms with Crippen LogP contribution >= 0.6 is 0 Å². The highest BCUT2D eigenvalue weighted by Crippen LogP contribution is 2.58. The van der Waals surface area contributed by atoms with Crippen LogP contribution < -0.4 is 10.6 Å². The number of amides is 2. The Labute approximate surface area is 154 Å². The van der Waals surface area contributed by atoms with E-state index in [2.05, 4.69) is 15.7 Å². The maximum Gasteiger partial charge on any atom is 0.315 e. The fourth-order valence-electron chi connectivity index (χ4n) is 5.81. The lowest BCUT2D eigenvalue weighted by Crippen LogP contribution is -2.46. The smallest absolute Gasteiger partial charge is 0.315 e. The molecule has 2 bridgehead atoms. The van der Waals surface area contributed by atoms with Gasteiger partial charge in [-0.2, -0.15) is 5.10 Å². The molecule has 136 valence electrons. The highest BCUT2D eigenvalue weighted by Gasteiger charge is 2.54. The molecule has 0 radical (unpaired) electrons. The van der Waals surface area contributed by atoms with E-state index in [4.69, 9.17) is 0 Å². The van der Waals surface area contributed by atoms with Crippen LogP contribution in [0.4, 0.5) is 4.79 Å². The summed E-state index contributed by atoms with van der Waals surface area (Å²) in [4.78, 5) is 12.4. The predicted octanol–water partition coefficient (Wildman–Crippen LogP) is 3.50. The summed E-state index contributed by atoms with van der Waals surface area (Å²) in [5.41, 5.74) is 2.03. The predicted molar refractivity (Wildman–Crippen MR) is 99.8 cm³/mol. The minimum atomic E-state index is -0.0374. The van der Waals surface area contributed by atoms with E-state index in [0.717, 1.165) is 34.9 Å². The number of aromatic nitrogens is 2. The van der Waals surface area contributed by atoms with Crippen molar-refractivity contribution in [2.45, 2.75) is 44.7 Å². The maximum absolute atomic E-state index is 12.4. The summed E-state index contributed by atoms with van der Waals surface area (Å²) in [6.45, 7) is 0.505. The monoisotopic (exact) mass is 350 g/mol. The highest BCUT2D eigenvalue weighted by atomic mass is 16.2. The van der Waals surface area contributed by atoms with E-state index in [-0.39, 0.29) is 6.03 Å². The van der Waals surface area contributed by atoms with Gasteiger partial charge in [0, 0.05) is 24.3 Å². The summed E-state index contributed by atoms with van der Waals surface area (Å²) in [5, 5.41) is 10.6. The molecular formula is C21H26N4O. The van der Waals surface area contributed by atoms with Crippen molar-refractivity contribution >= 4 is 6.03 Å². The van der Waals surface area contributed by atoms with Crippen molar-refractivity contribution in [2.24, 2.45) is 23.7 Å². The average molecular weight is 350 g/mol. The zero-order chi connectivity index (χ0) is 17.5. The molecule has 3 aliphatic rings. The number of fused-ring (bicyclic) bond motifs is 5. The van der Waals surface area contributed by atoms with E-state index in [1.165, 1.54) is 32.1 Å². The first-order valence-corrected chi connectivity index (χ1v) is 9.91. The molecule has 0 spiro atoms. The summed E-state index contributed by atoms with van der Waals surface area (Å²) in [6, 6.07) is 10.4. The number of carbonyl (C=O) groups is 1. The number of nitrogens with zero attached hydrogens (tertiary/aromatic N) is 2. The Morgan fingerprint density at radius 1 is 1.12 bits per heavy atom. The van der Waals surface area contributed by atoms with Gasteiger partial charge in [-0.25, -0.2) is 9.48 Å². The SMILES string of the molecule is O=C(NCc1cnn(-c2ccccc2)c1)N[C@@H]1C[C@H]2C[C@H]1[C@H]1CCC[C@@H]21. The van der Waals surface area contributed by atoms with E-state index >= 15 is 0 Å². The lowest BCUT2D eigenvalue weighted by atomic mass is 9.79. The molecule has 26 heavy (non-hydrogen) atoms. The van der Waals surface area contributed by atoms with Crippen molar-refractivity contribution < 1.29 is 4.79 Å². The van der Waals surface area contributed by atoms with Crippen LogP contribution in [0.25, 0.3) is 5.69 Å². The van der Waals surface area contributed by atoms with Crippen molar-refractivity contribution in [2.75, 3.05) is 0 Å². The molecule has 3 fully saturated rings. The van der Waals surface area contributed by atoms with E-state index in [1.54, 1.807) is 0 Å². The largest absolute Gasteiger partial charge is 0.335 e. The van der Waals surface area contributed by atoms with Gasteiger partial charge in [0.2, 0.25) is 0 Å². The van der Waals surface area contributed by atoms with Crippen LogP contribution in [0.2, 0.25) is 0 Å². The van der Waals surface area contributed by atoms with E-state index in [0.29, 0.717) is 12.6 Å². The third kappa shape index (κ3) is 2.79. The van der Waals surface area contributed by atoms with Gasteiger partial charge in [-0.15, -0.1) is 0 Å². The second kappa shape index (κ2) is 6.45. The van der Waals surface area contributed by atoms with Gasteiger partial charge in [-0.05, 0) is 61.5 Å². The topological polar surface area (TPSA) is 59.0 Å². The molecular weight excluding hydrogens is 324 g/mol. The Balaban J connectivity index is 1.15. The Kier molecular flexibility index (Phi) is 3.95. The minimum absolute atomic E-state index is 0.0374. The van der Waals surface area contributed by atoms with E-state index in [1.807, 2.05) is 47.4 Å². The molecule has 1 aromatic carbocycles. The molecule has 0 aliphatic heterocycles. The Morgan fingerprint density at radius 3 is 2.85 bits per heavy atom. The average Bonchev–Trinajstić information content (AvgIpc) is 3.42. The maximum atomic E-state index is 12.4. The molecule has 2 amide bonds. The molecule has 1 heterocycles. The van der Waals surface area contributed by atoms with Crippen LogP contribution in [0.3, 0.4) is 0 Å². The number of carbonyl (C=O) groups excluding carboxylic acids is 1. The molecule has 3 saturated carbocycles. The molecule has 3 aliphatic carbocycles. The number of urea groups is 1. The van der Waals surface area contributed by atoms with Gasteiger partial charge in [0.15, 0.2) is 0 Å². The first-order valence-electron chi connectivity index (χ1n) is 9.91. The molecule has 5 heteroatoms. The molecule has 1 aromatic heterocycles. The molecule has 2 N–H and O–H groups in total. The van der Waals surface area contributed by atoms with Gasteiger partial charge in [0.25, 0.3) is 0 Å². The number of para-hydroxylation sites is 1. The van der Waals surface area contributed by atoms with Gasteiger partial charge in [-0.3, -0.25) is 0 Å². The Hall–Kier alpha value is -2.30. The number of nitrogens with one attached hydrogen (secondary N) is 2. The highest BCUT2D eigenvalue weighted by molar-refractivity contribution is 5.74. The first-order chi connectivity index (χ1) is 12.8. The fourth-order valence-corrected chi connectivity index (χ4v) is 5.81. The van der Waals surface area contributed by atoms with Gasteiger partial charge < -0.3 is 10.6 Å². The van der Waals surface area contributed by atoms with E-state index in [9.17, 15) is 4.79 Å². The van der Waals surface area contributed by atoms with Gasteiger partial charge in [-0.1, -0.05) is 24.6 Å². The van der Waals surface area contributed by atoms with Crippen LogP contribution in [0.1, 0.15) is 37.7 Å². The standard InChI is InChI=1S/C21H26N4O/c26-21(24-20-10-15-9-19(20)18-8-4-7-17(15)18)22-11-14-12-23-25(13-14)16-5-2-1-3-6-16/h1-3,5-6,12-13,15,17-20H,4,7-11H2,(H2,22,24,26)/t15-,17+,18+,19+,20-/m1/s1. The van der Waals surface area contributed by atoms with Crippen molar-refractivity contribution in [1.29, 1.82) is 0 Å². The molecule has 0 saturated heterocycles. The summed E-state index contributed by atoms with van der Waals surface area (Å²) in [6.07, 6.45) is 10.5. The van der Waals surface area contributed by atoms with Crippen molar-refractivity contribution in [1.82, 2.24) is 20.4 Å². The second-order valence-electron chi connectivity index (χ2n) is 8.22. The van der Waals surface area contributed by atoms with Gasteiger partial charge >= 0.3 is 6.03 Å². The molecule has 5 rings (SSSR count). The van der Waals surface area contributed by atoms with Crippen LogP contribution in [0, 0.1) is 23.7 Å². The van der Waals surface area contributed by atoms with Crippen LogP contribution in [0.15, 0.2) is 42.7 Å². The Morgan fingerprint density at radius 2 is 1.96 bits per heavy atom. The molecule has 5 nitrogen and oxygen atoms in total. The van der Waals surface area contributed by atoms with Crippen molar-refractivity contribution in [3.05, 3.63) is 48.3 Å². The minimum Gasteiger partial charge on any atom is -0.335 e. The van der Waals surface area contributed by atoms with Crippen LogP contribution in [-0.2, 0) is 6.54 Å². The number of benzene rings is 1. The van der Waals surface area contributed by atoms with Gasteiger partial charge in [0.05, 0.1) is 11.9 Å². The fraction of sp³-hybridized carbons (Fsp3) is 0.524. The summed E-state index contributed by atoms with van der Waals surface area (Å²) >= 11 is 0. The summed E-state index contributed by atoms with van der Waals surface area (Å²) in [5.74, 6) is 3.43. The number of hydrogen-bond acceptors (Lipinski definition) is 2. The zero-order valence-electron chi connectivity index (χ0n) is 15.0. The van der Waals surface area contributed by atoms with Gasteiger partial charge in [0.1, 0.15) is 0 Å². The quantitative estimate of drug-likeness (QED) is 0.887. The van der Waals surface area contributed by atoms with E-state index < -0.39 is 0 Å². The molecule has 5 atom stereocenters. The van der Waals surface area contributed by atoms with Crippen molar-refractivity contribution in [3.63, 3.8) is 0 Å². The zero-order valence-corrected chi connectivity index (χ0v) is 15.0. The second-order valence-corrected chi connectivity index (χ2v) is 8.22. The summed E-state index contributed by atoms with van der Waals surface area (Å²) in [7, 11) is 0. The lowest BCUT2D eigenvalue weighted by Gasteiger charge is -2.32. The third-order valence-electron chi connectivity index (χ3n) is 6.86. The number of rotatable bonds is 4. The number of hydrogen-bond donors (Lipinski definition) is 2. The normalized spacial score (nSPS) is 31.8.